The molecule has 0 aliphatic rings. The quantitative estimate of drug-likeness (QED) is 0.745. The SMILES string of the molecule is CCCC(Oc1ccc(F)cc1CNC)C(=O)OCC. The van der Waals surface area contributed by atoms with E-state index in [0.29, 0.717) is 30.9 Å². The van der Waals surface area contributed by atoms with Crippen molar-refractivity contribution in [1.82, 2.24) is 5.32 Å². The smallest absolute Gasteiger partial charge is 0.347 e. The van der Waals surface area contributed by atoms with Crippen LogP contribution in [0.2, 0.25) is 0 Å². The summed E-state index contributed by atoms with van der Waals surface area (Å²) in [4.78, 5) is 11.8. The number of carbonyl (C=O) groups is 1. The average Bonchev–Trinajstić information content (AvgIpc) is 2.41. The predicted octanol–water partition coefficient (Wildman–Crippen LogP) is 2.66. The van der Waals surface area contributed by atoms with Crippen molar-refractivity contribution in [2.75, 3.05) is 13.7 Å². The van der Waals surface area contributed by atoms with E-state index in [1.807, 2.05) is 6.92 Å². The first-order valence-electron chi connectivity index (χ1n) is 6.88. The van der Waals surface area contributed by atoms with Gasteiger partial charge in [0.05, 0.1) is 6.61 Å². The van der Waals surface area contributed by atoms with Crippen molar-refractivity contribution in [3.05, 3.63) is 29.6 Å². The van der Waals surface area contributed by atoms with Gasteiger partial charge >= 0.3 is 5.97 Å². The predicted molar refractivity (Wildman–Crippen MR) is 75.1 cm³/mol. The standard InChI is InChI=1S/C15H22FNO3/c1-4-6-14(15(18)19-5-2)20-13-8-7-12(16)9-11(13)10-17-3/h7-9,14,17H,4-6,10H2,1-3H3. The van der Waals surface area contributed by atoms with Crippen LogP contribution in [0.25, 0.3) is 0 Å². The lowest BCUT2D eigenvalue weighted by Gasteiger charge is -2.19. The second kappa shape index (κ2) is 8.53. The van der Waals surface area contributed by atoms with E-state index in [4.69, 9.17) is 9.47 Å². The number of halogens is 1. The Morgan fingerprint density at radius 3 is 2.75 bits per heavy atom. The molecule has 0 saturated heterocycles. The highest BCUT2D eigenvalue weighted by Crippen LogP contribution is 2.22. The van der Waals surface area contributed by atoms with E-state index in [0.717, 1.165) is 6.42 Å². The van der Waals surface area contributed by atoms with Crippen LogP contribution in [0.5, 0.6) is 5.75 Å². The van der Waals surface area contributed by atoms with Gasteiger partial charge in [-0.15, -0.1) is 0 Å². The molecule has 4 nitrogen and oxygen atoms in total. The highest BCUT2D eigenvalue weighted by Gasteiger charge is 2.22. The Kier molecular flexibility index (Phi) is 7.01. The van der Waals surface area contributed by atoms with Gasteiger partial charge in [0.15, 0.2) is 6.10 Å². The zero-order valence-electron chi connectivity index (χ0n) is 12.2. The van der Waals surface area contributed by atoms with Crippen molar-refractivity contribution in [3.63, 3.8) is 0 Å². The molecule has 1 aromatic carbocycles. The maximum absolute atomic E-state index is 13.3. The molecule has 0 spiro atoms. The van der Waals surface area contributed by atoms with Gasteiger partial charge < -0.3 is 14.8 Å². The zero-order chi connectivity index (χ0) is 15.0. The molecular formula is C15H22FNO3. The van der Waals surface area contributed by atoms with Crippen molar-refractivity contribution in [2.24, 2.45) is 0 Å². The Morgan fingerprint density at radius 1 is 1.40 bits per heavy atom. The minimum absolute atomic E-state index is 0.315. The second-order valence-corrected chi connectivity index (χ2v) is 4.43. The third kappa shape index (κ3) is 4.81. The molecule has 112 valence electrons. The van der Waals surface area contributed by atoms with Crippen LogP contribution in [-0.2, 0) is 16.1 Å². The van der Waals surface area contributed by atoms with Crippen LogP contribution in [0.15, 0.2) is 18.2 Å². The number of carbonyl (C=O) groups excluding carboxylic acids is 1. The fourth-order valence-electron chi connectivity index (χ4n) is 1.87. The van der Waals surface area contributed by atoms with Crippen LogP contribution in [0.3, 0.4) is 0 Å². The first kappa shape index (κ1) is 16.4. The number of nitrogens with one attached hydrogen (secondary N) is 1. The molecule has 1 rings (SSSR count). The minimum Gasteiger partial charge on any atom is -0.478 e. The number of benzene rings is 1. The van der Waals surface area contributed by atoms with Crippen LogP contribution >= 0.6 is 0 Å². The van der Waals surface area contributed by atoms with Crippen molar-refractivity contribution in [2.45, 2.75) is 39.3 Å². The molecule has 0 radical (unpaired) electrons. The number of rotatable bonds is 8. The molecular weight excluding hydrogens is 261 g/mol. The maximum Gasteiger partial charge on any atom is 0.347 e. The van der Waals surface area contributed by atoms with Gasteiger partial charge in [-0.2, -0.15) is 0 Å². The van der Waals surface area contributed by atoms with E-state index in [1.54, 1.807) is 20.0 Å². The number of esters is 1. The van der Waals surface area contributed by atoms with Gasteiger partial charge in [0.1, 0.15) is 11.6 Å². The molecule has 1 unspecified atom stereocenters. The van der Waals surface area contributed by atoms with Crippen LogP contribution in [0.1, 0.15) is 32.3 Å². The number of ether oxygens (including phenoxy) is 2. The summed E-state index contributed by atoms with van der Waals surface area (Å²) in [6, 6.07) is 4.27. The molecule has 0 fully saturated rings. The lowest BCUT2D eigenvalue weighted by atomic mass is 10.1. The number of hydrogen-bond donors (Lipinski definition) is 1. The molecule has 0 aliphatic carbocycles. The van der Waals surface area contributed by atoms with E-state index >= 15 is 0 Å². The summed E-state index contributed by atoms with van der Waals surface area (Å²) in [5, 5.41) is 2.95. The van der Waals surface area contributed by atoms with E-state index < -0.39 is 6.10 Å². The van der Waals surface area contributed by atoms with Crippen LogP contribution in [0.4, 0.5) is 4.39 Å². The highest BCUT2D eigenvalue weighted by molar-refractivity contribution is 5.75. The maximum atomic E-state index is 13.3. The third-order valence-electron chi connectivity index (χ3n) is 2.76. The van der Waals surface area contributed by atoms with Gasteiger partial charge in [0, 0.05) is 12.1 Å². The molecule has 1 atom stereocenters. The minimum atomic E-state index is -0.652. The summed E-state index contributed by atoms with van der Waals surface area (Å²) in [7, 11) is 1.77. The molecule has 0 bridgehead atoms. The van der Waals surface area contributed by atoms with Gasteiger partial charge in [0.2, 0.25) is 0 Å². The third-order valence-corrected chi connectivity index (χ3v) is 2.76. The van der Waals surface area contributed by atoms with Crippen LogP contribution in [-0.4, -0.2) is 25.7 Å². The van der Waals surface area contributed by atoms with E-state index in [2.05, 4.69) is 5.32 Å². The lowest BCUT2D eigenvalue weighted by Crippen LogP contribution is -2.29. The number of hydrogen-bond acceptors (Lipinski definition) is 4. The Morgan fingerprint density at radius 2 is 2.15 bits per heavy atom. The highest BCUT2D eigenvalue weighted by atomic mass is 19.1. The van der Waals surface area contributed by atoms with Crippen LogP contribution < -0.4 is 10.1 Å². The van der Waals surface area contributed by atoms with E-state index in [9.17, 15) is 9.18 Å². The molecule has 1 N–H and O–H groups in total. The molecule has 1 aromatic rings. The molecule has 0 aliphatic heterocycles. The summed E-state index contributed by atoms with van der Waals surface area (Å²) >= 11 is 0. The second-order valence-electron chi connectivity index (χ2n) is 4.43. The van der Waals surface area contributed by atoms with Gasteiger partial charge in [-0.25, -0.2) is 9.18 Å². The Labute approximate surface area is 119 Å². The summed E-state index contributed by atoms with van der Waals surface area (Å²) in [5.41, 5.74) is 0.679. The fourth-order valence-corrected chi connectivity index (χ4v) is 1.87. The average molecular weight is 283 g/mol. The monoisotopic (exact) mass is 283 g/mol. The van der Waals surface area contributed by atoms with Crippen molar-refractivity contribution in [3.8, 4) is 5.75 Å². The van der Waals surface area contributed by atoms with Gasteiger partial charge in [-0.1, -0.05) is 13.3 Å². The van der Waals surface area contributed by atoms with Crippen molar-refractivity contribution in [1.29, 1.82) is 0 Å². The Bertz CT molecular complexity index is 437. The topological polar surface area (TPSA) is 47.6 Å². The van der Waals surface area contributed by atoms with E-state index in [-0.39, 0.29) is 11.8 Å². The molecule has 0 heterocycles. The largest absolute Gasteiger partial charge is 0.478 e. The summed E-state index contributed by atoms with van der Waals surface area (Å²) < 4.78 is 24.0. The zero-order valence-corrected chi connectivity index (χ0v) is 12.2. The van der Waals surface area contributed by atoms with Crippen molar-refractivity contribution >= 4 is 5.97 Å². The Balaban J connectivity index is 2.89. The van der Waals surface area contributed by atoms with Gasteiger partial charge in [0.25, 0.3) is 0 Å². The molecule has 5 heteroatoms. The van der Waals surface area contributed by atoms with Gasteiger partial charge in [-0.3, -0.25) is 0 Å². The first-order valence-corrected chi connectivity index (χ1v) is 6.88. The molecule has 0 amide bonds. The normalized spacial score (nSPS) is 12.0. The van der Waals surface area contributed by atoms with Gasteiger partial charge in [-0.05, 0) is 38.6 Å². The summed E-state index contributed by atoms with van der Waals surface area (Å²) in [6.07, 6.45) is 0.711. The molecule has 0 aromatic heterocycles. The fraction of sp³-hybridized carbons (Fsp3) is 0.533. The molecule has 20 heavy (non-hydrogen) atoms. The Hall–Kier alpha value is -1.62. The molecule has 0 saturated carbocycles. The van der Waals surface area contributed by atoms with E-state index in [1.165, 1.54) is 12.1 Å². The van der Waals surface area contributed by atoms with Crippen molar-refractivity contribution < 1.29 is 18.7 Å². The first-order chi connectivity index (χ1) is 9.62. The lowest BCUT2D eigenvalue weighted by molar-refractivity contribution is -0.151. The summed E-state index contributed by atoms with van der Waals surface area (Å²) in [5.74, 6) is -0.202. The summed E-state index contributed by atoms with van der Waals surface area (Å²) in [6.45, 7) is 4.50. The van der Waals surface area contributed by atoms with Crippen LogP contribution in [0, 0.1) is 5.82 Å².